The van der Waals surface area contributed by atoms with Crippen LogP contribution in [0.25, 0.3) is 0 Å². The van der Waals surface area contributed by atoms with Crippen LogP contribution in [0.5, 0.6) is 0 Å². The molecule has 104 valence electrons. The Labute approximate surface area is 112 Å². The zero-order chi connectivity index (χ0) is 12.5. The molecular formula is C16H30N2. The lowest BCUT2D eigenvalue weighted by Crippen LogP contribution is -2.42. The van der Waals surface area contributed by atoms with E-state index in [-0.39, 0.29) is 0 Å². The van der Waals surface area contributed by atoms with Gasteiger partial charge >= 0.3 is 0 Å². The van der Waals surface area contributed by atoms with Crippen molar-refractivity contribution >= 4 is 0 Å². The van der Waals surface area contributed by atoms with Crippen molar-refractivity contribution in [2.75, 3.05) is 20.1 Å². The highest BCUT2D eigenvalue weighted by molar-refractivity contribution is 4.91. The van der Waals surface area contributed by atoms with Crippen molar-refractivity contribution in [1.29, 1.82) is 0 Å². The number of nitrogens with two attached hydrogens (primary N) is 1. The first-order chi connectivity index (χ1) is 8.72. The Hall–Kier alpha value is -0.0800. The monoisotopic (exact) mass is 250 g/mol. The molecule has 0 radical (unpaired) electrons. The topological polar surface area (TPSA) is 29.3 Å². The average Bonchev–Trinajstić information content (AvgIpc) is 3.06. The fraction of sp³-hybridized carbons (Fsp3) is 1.00. The minimum absolute atomic E-state index is 0.427. The maximum absolute atomic E-state index is 6.39. The standard InChI is InChI=1S/C16H30N2/c1-18(11-16(17)13-4-2-3-5-13)10-15-9-12-6-7-14(15)8-12/h12-16H,2-11,17H2,1H3. The zero-order valence-electron chi connectivity index (χ0n) is 12.0. The molecule has 2 bridgehead atoms. The molecular weight excluding hydrogens is 220 g/mol. The summed E-state index contributed by atoms with van der Waals surface area (Å²) in [5.41, 5.74) is 6.39. The minimum Gasteiger partial charge on any atom is -0.326 e. The Balaban J connectivity index is 1.42. The maximum Gasteiger partial charge on any atom is 0.0196 e. The summed E-state index contributed by atoms with van der Waals surface area (Å²) in [4.78, 5) is 2.54. The van der Waals surface area contributed by atoms with Crippen molar-refractivity contribution in [3.05, 3.63) is 0 Å². The van der Waals surface area contributed by atoms with Crippen LogP contribution in [0, 0.1) is 23.7 Å². The fourth-order valence-corrected chi connectivity index (χ4v) is 4.97. The SMILES string of the molecule is CN(CC(N)C1CCCC1)CC1CC2CCC1C2. The lowest BCUT2D eigenvalue weighted by Gasteiger charge is -2.30. The summed E-state index contributed by atoms with van der Waals surface area (Å²) >= 11 is 0. The molecule has 0 spiro atoms. The number of likely N-dealkylation sites (N-methyl/N-ethyl adjacent to an activating group) is 1. The quantitative estimate of drug-likeness (QED) is 0.813. The van der Waals surface area contributed by atoms with Crippen LogP contribution in [0.2, 0.25) is 0 Å². The number of rotatable bonds is 5. The first kappa shape index (κ1) is 12.9. The van der Waals surface area contributed by atoms with Crippen LogP contribution in [-0.2, 0) is 0 Å². The second kappa shape index (κ2) is 5.50. The molecule has 3 aliphatic rings. The zero-order valence-corrected chi connectivity index (χ0v) is 12.0. The first-order valence-electron chi connectivity index (χ1n) is 8.16. The van der Waals surface area contributed by atoms with Gasteiger partial charge in [0.2, 0.25) is 0 Å². The van der Waals surface area contributed by atoms with Gasteiger partial charge in [0.05, 0.1) is 0 Å². The summed E-state index contributed by atoms with van der Waals surface area (Å²) in [5.74, 6) is 3.94. The number of hydrogen-bond acceptors (Lipinski definition) is 2. The maximum atomic E-state index is 6.39. The molecule has 0 heterocycles. The summed E-state index contributed by atoms with van der Waals surface area (Å²) in [6.45, 7) is 2.43. The van der Waals surface area contributed by atoms with E-state index >= 15 is 0 Å². The van der Waals surface area contributed by atoms with E-state index in [4.69, 9.17) is 5.73 Å². The Bertz CT molecular complexity index is 272. The molecule has 3 fully saturated rings. The molecule has 4 unspecified atom stereocenters. The van der Waals surface area contributed by atoms with Gasteiger partial charge in [0, 0.05) is 19.1 Å². The van der Waals surface area contributed by atoms with E-state index in [1.54, 1.807) is 0 Å². The van der Waals surface area contributed by atoms with Gasteiger partial charge in [-0.25, -0.2) is 0 Å². The van der Waals surface area contributed by atoms with Gasteiger partial charge in [0.1, 0.15) is 0 Å². The molecule has 3 aliphatic carbocycles. The minimum atomic E-state index is 0.427. The van der Waals surface area contributed by atoms with Crippen molar-refractivity contribution in [1.82, 2.24) is 4.90 Å². The molecule has 0 amide bonds. The average molecular weight is 250 g/mol. The van der Waals surface area contributed by atoms with Gasteiger partial charge in [-0.05, 0) is 62.8 Å². The highest BCUT2D eigenvalue weighted by atomic mass is 15.1. The lowest BCUT2D eigenvalue weighted by molar-refractivity contribution is 0.198. The van der Waals surface area contributed by atoms with E-state index in [0.717, 1.165) is 30.2 Å². The van der Waals surface area contributed by atoms with Crippen LogP contribution < -0.4 is 5.73 Å². The lowest BCUT2D eigenvalue weighted by atomic mass is 9.88. The van der Waals surface area contributed by atoms with Crippen molar-refractivity contribution in [2.24, 2.45) is 29.4 Å². The Morgan fingerprint density at radius 2 is 1.89 bits per heavy atom. The summed E-state index contributed by atoms with van der Waals surface area (Å²) in [5, 5.41) is 0. The molecule has 18 heavy (non-hydrogen) atoms. The number of hydrogen-bond donors (Lipinski definition) is 1. The van der Waals surface area contributed by atoms with Crippen LogP contribution >= 0.6 is 0 Å². The van der Waals surface area contributed by atoms with Gasteiger partial charge in [0.25, 0.3) is 0 Å². The van der Waals surface area contributed by atoms with E-state index in [0.29, 0.717) is 6.04 Å². The van der Waals surface area contributed by atoms with E-state index in [2.05, 4.69) is 11.9 Å². The first-order valence-corrected chi connectivity index (χ1v) is 8.16. The largest absolute Gasteiger partial charge is 0.326 e. The highest BCUT2D eigenvalue weighted by Gasteiger charge is 2.39. The van der Waals surface area contributed by atoms with Crippen LogP contribution in [0.1, 0.15) is 51.4 Å². The van der Waals surface area contributed by atoms with Crippen LogP contribution in [0.15, 0.2) is 0 Å². The van der Waals surface area contributed by atoms with Crippen LogP contribution in [0.4, 0.5) is 0 Å². The second-order valence-electron chi connectivity index (χ2n) is 7.36. The Kier molecular flexibility index (Phi) is 3.95. The van der Waals surface area contributed by atoms with Crippen LogP contribution in [0.3, 0.4) is 0 Å². The summed E-state index contributed by atoms with van der Waals surface area (Å²) in [6, 6.07) is 0.427. The Morgan fingerprint density at radius 1 is 1.11 bits per heavy atom. The fourth-order valence-electron chi connectivity index (χ4n) is 4.97. The predicted octanol–water partition coefficient (Wildman–Crippen LogP) is 2.87. The molecule has 0 aromatic carbocycles. The number of fused-ring (bicyclic) bond motifs is 2. The van der Waals surface area contributed by atoms with Crippen molar-refractivity contribution in [2.45, 2.75) is 57.4 Å². The number of nitrogens with zero attached hydrogens (tertiary/aromatic N) is 1. The van der Waals surface area contributed by atoms with Gasteiger partial charge in [-0.15, -0.1) is 0 Å². The van der Waals surface area contributed by atoms with Crippen molar-refractivity contribution in [3.63, 3.8) is 0 Å². The van der Waals surface area contributed by atoms with Gasteiger partial charge in [-0.1, -0.05) is 19.3 Å². The molecule has 2 heteroatoms. The molecule has 3 rings (SSSR count). The molecule has 0 saturated heterocycles. The molecule has 0 aromatic heterocycles. The molecule has 2 N–H and O–H groups in total. The normalized spacial score (nSPS) is 37.8. The molecule has 0 aliphatic heterocycles. The third-order valence-corrected chi connectivity index (χ3v) is 5.96. The molecule has 4 atom stereocenters. The molecule has 3 saturated carbocycles. The van der Waals surface area contributed by atoms with E-state index in [1.807, 2.05) is 0 Å². The summed E-state index contributed by atoms with van der Waals surface area (Å²) in [7, 11) is 2.29. The van der Waals surface area contributed by atoms with E-state index in [9.17, 15) is 0 Å². The van der Waals surface area contributed by atoms with E-state index < -0.39 is 0 Å². The van der Waals surface area contributed by atoms with Gasteiger partial charge in [-0.3, -0.25) is 0 Å². The van der Waals surface area contributed by atoms with Gasteiger partial charge in [-0.2, -0.15) is 0 Å². The third kappa shape index (κ3) is 2.75. The molecule has 0 aromatic rings. The second-order valence-corrected chi connectivity index (χ2v) is 7.36. The smallest absolute Gasteiger partial charge is 0.0196 e. The van der Waals surface area contributed by atoms with Crippen molar-refractivity contribution in [3.8, 4) is 0 Å². The van der Waals surface area contributed by atoms with Gasteiger partial charge < -0.3 is 10.6 Å². The molecule has 2 nitrogen and oxygen atoms in total. The third-order valence-electron chi connectivity index (χ3n) is 5.96. The highest BCUT2D eigenvalue weighted by Crippen LogP contribution is 2.48. The predicted molar refractivity (Wildman–Crippen MR) is 76.4 cm³/mol. The summed E-state index contributed by atoms with van der Waals surface area (Å²) < 4.78 is 0. The van der Waals surface area contributed by atoms with Gasteiger partial charge in [0.15, 0.2) is 0 Å². The van der Waals surface area contributed by atoms with Crippen molar-refractivity contribution < 1.29 is 0 Å². The van der Waals surface area contributed by atoms with Crippen LogP contribution in [-0.4, -0.2) is 31.1 Å². The Morgan fingerprint density at radius 3 is 2.50 bits per heavy atom. The van der Waals surface area contributed by atoms with E-state index in [1.165, 1.54) is 57.9 Å². The summed E-state index contributed by atoms with van der Waals surface area (Å²) in [6.07, 6.45) is 11.7.